The standard InChI is InChI=1S/C21H33NO3S/c1-21(2,3)25-20(24)22-14-12-16(13-15-22)6-5-7-19(23)17-8-10-18(26-4)11-9-17/h8-11,16,19,23H,5-7,12-15H2,1-4H3. The van der Waals surface area contributed by atoms with Gasteiger partial charge in [-0.1, -0.05) is 25.0 Å². The van der Waals surface area contributed by atoms with Crippen LogP contribution < -0.4 is 0 Å². The maximum Gasteiger partial charge on any atom is 0.410 e. The van der Waals surface area contributed by atoms with Crippen molar-refractivity contribution >= 4 is 17.9 Å². The molecule has 146 valence electrons. The van der Waals surface area contributed by atoms with Gasteiger partial charge in [0.25, 0.3) is 0 Å². The lowest BCUT2D eigenvalue weighted by molar-refractivity contribution is 0.0179. The van der Waals surface area contributed by atoms with E-state index >= 15 is 0 Å². The molecule has 1 saturated heterocycles. The number of hydrogen-bond donors (Lipinski definition) is 1. The van der Waals surface area contributed by atoms with Gasteiger partial charge in [-0.3, -0.25) is 0 Å². The van der Waals surface area contributed by atoms with Gasteiger partial charge in [-0.25, -0.2) is 4.79 Å². The number of carbonyl (C=O) groups excluding carboxylic acids is 1. The molecule has 1 aromatic carbocycles. The third-order valence-electron chi connectivity index (χ3n) is 4.86. The summed E-state index contributed by atoms with van der Waals surface area (Å²) in [7, 11) is 0. The van der Waals surface area contributed by atoms with Crippen molar-refractivity contribution in [1.82, 2.24) is 4.90 Å². The highest BCUT2D eigenvalue weighted by Crippen LogP contribution is 2.27. The molecule has 2 rings (SSSR count). The summed E-state index contributed by atoms with van der Waals surface area (Å²) in [5, 5.41) is 10.4. The number of aliphatic hydroxyl groups excluding tert-OH is 1. The van der Waals surface area contributed by atoms with E-state index in [0.29, 0.717) is 5.92 Å². The van der Waals surface area contributed by atoms with Crippen molar-refractivity contribution in [3.8, 4) is 0 Å². The van der Waals surface area contributed by atoms with Gasteiger partial charge in [0, 0.05) is 18.0 Å². The molecular weight excluding hydrogens is 346 g/mol. The number of aliphatic hydroxyl groups is 1. The summed E-state index contributed by atoms with van der Waals surface area (Å²) < 4.78 is 5.44. The molecule has 1 aliphatic heterocycles. The lowest BCUT2D eigenvalue weighted by Crippen LogP contribution is -2.41. The predicted octanol–water partition coefficient (Wildman–Crippen LogP) is 5.26. The largest absolute Gasteiger partial charge is 0.444 e. The first kappa shape index (κ1) is 21.1. The highest BCUT2D eigenvalue weighted by Gasteiger charge is 2.26. The van der Waals surface area contributed by atoms with E-state index in [1.165, 1.54) is 4.90 Å². The molecule has 1 heterocycles. The average molecular weight is 380 g/mol. The third-order valence-corrected chi connectivity index (χ3v) is 5.60. The maximum atomic E-state index is 12.1. The fourth-order valence-electron chi connectivity index (χ4n) is 3.32. The van der Waals surface area contributed by atoms with Crippen molar-refractivity contribution in [2.45, 2.75) is 69.5 Å². The molecule has 0 bridgehead atoms. The fourth-order valence-corrected chi connectivity index (χ4v) is 3.73. The van der Waals surface area contributed by atoms with Crippen LogP contribution in [-0.4, -0.2) is 41.0 Å². The summed E-state index contributed by atoms with van der Waals surface area (Å²) >= 11 is 1.71. The summed E-state index contributed by atoms with van der Waals surface area (Å²) in [6.07, 6.45) is 6.46. The summed E-state index contributed by atoms with van der Waals surface area (Å²) in [5.41, 5.74) is 0.570. The van der Waals surface area contributed by atoms with Crippen LogP contribution in [0.3, 0.4) is 0 Å². The second-order valence-electron chi connectivity index (χ2n) is 8.13. The molecule has 1 fully saturated rings. The van der Waals surface area contributed by atoms with Crippen molar-refractivity contribution in [2.24, 2.45) is 5.92 Å². The summed E-state index contributed by atoms with van der Waals surface area (Å²) in [5.74, 6) is 0.639. The van der Waals surface area contributed by atoms with E-state index in [0.717, 1.165) is 50.8 Å². The van der Waals surface area contributed by atoms with E-state index in [2.05, 4.69) is 18.4 Å². The average Bonchev–Trinajstić information content (AvgIpc) is 2.61. The minimum absolute atomic E-state index is 0.194. The number of nitrogens with zero attached hydrogens (tertiary/aromatic N) is 1. The molecule has 0 saturated carbocycles. The molecule has 0 spiro atoms. The Labute approximate surface area is 162 Å². The van der Waals surface area contributed by atoms with Crippen LogP contribution >= 0.6 is 11.8 Å². The second-order valence-corrected chi connectivity index (χ2v) is 9.01. The van der Waals surface area contributed by atoms with Crippen molar-refractivity contribution in [3.63, 3.8) is 0 Å². The smallest absolute Gasteiger partial charge is 0.410 e. The van der Waals surface area contributed by atoms with Crippen LogP contribution in [0.25, 0.3) is 0 Å². The molecular formula is C21H33NO3S. The molecule has 0 aromatic heterocycles. The minimum Gasteiger partial charge on any atom is -0.444 e. The Hall–Kier alpha value is -1.20. The van der Waals surface area contributed by atoms with Crippen molar-refractivity contribution < 1.29 is 14.6 Å². The van der Waals surface area contributed by atoms with Gasteiger partial charge in [0.05, 0.1) is 6.10 Å². The third kappa shape index (κ3) is 6.84. The van der Waals surface area contributed by atoms with Crippen molar-refractivity contribution in [1.29, 1.82) is 0 Å². The van der Waals surface area contributed by atoms with Crippen LogP contribution in [0.1, 0.15) is 64.5 Å². The molecule has 4 nitrogen and oxygen atoms in total. The molecule has 26 heavy (non-hydrogen) atoms. The van der Waals surface area contributed by atoms with E-state index in [9.17, 15) is 9.90 Å². The predicted molar refractivity (Wildman–Crippen MR) is 108 cm³/mol. The monoisotopic (exact) mass is 379 g/mol. The van der Waals surface area contributed by atoms with E-state index in [1.54, 1.807) is 11.8 Å². The first-order chi connectivity index (χ1) is 12.3. The van der Waals surface area contributed by atoms with Gasteiger partial charge in [0.15, 0.2) is 0 Å². The van der Waals surface area contributed by atoms with Crippen LogP contribution in [0.2, 0.25) is 0 Å². The first-order valence-electron chi connectivity index (χ1n) is 9.58. The zero-order chi connectivity index (χ0) is 19.2. The van der Waals surface area contributed by atoms with Crippen LogP contribution in [0.4, 0.5) is 4.79 Å². The normalized spacial score (nSPS) is 17.2. The van der Waals surface area contributed by atoms with Crippen molar-refractivity contribution in [2.75, 3.05) is 19.3 Å². The first-order valence-corrected chi connectivity index (χ1v) is 10.8. The molecule has 1 atom stereocenters. The number of benzene rings is 1. The lowest BCUT2D eigenvalue weighted by atomic mass is 9.90. The summed E-state index contributed by atoms with van der Waals surface area (Å²) in [6, 6.07) is 8.18. The van der Waals surface area contributed by atoms with Crippen molar-refractivity contribution in [3.05, 3.63) is 29.8 Å². The highest BCUT2D eigenvalue weighted by atomic mass is 32.2. The minimum atomic E-state index is -0.432. The lowest BCUT2D eigenvalue weighted by Gasteiger charge is -2.33. The SMILES string of the molecule is CSc1ccc(C(O)CCCC2CCN(C(=O)OC(C)(C)C)CC2)cc1. The number of piperidine rings is 1. The zero-order valence-electron chi connectivity index (χ0n) is 16.5. The zero-order valence-corrected chi connectivity index (χ0v) is 17.3. The number of rotatable bonds is 6. The topological polar surface area (TPSA) is 49.8 Å². The Morgan fingerprint density at radius 2 is 1.88 bits per heavy atom. The number of hydrogen-bond acceptors (Lipinski definition) is 4. The van der Waals surface area contributed by atoms with Crippen LogP contribution in [-0.2, 0) is 4.74 Å². The Morgan fingerprint density at radius 3 is 2.42 bits per heavy atom. The number of amides is 1. The van der Waals surface area contributed by atoms with Crippen LogP contribution in [0, 0.1) is 5.92 Å². The van der Waals surface area contributed by atoms with Gasteiger partial charge in [-0.2, -0.15) is 0 Å². The molecule has 1 N–H and O–H groups in total. The Bertz CT molecular complexity index is 560. The molecule has 1 aliphatic rings. The van der Waals surface area contributed by atoms with E-state index in [-0.39, 0.29) is 12.2 Å². The van der Waals surface area contributed by atoms with E-state index in [1.807, 2.05) is 37.8 Å². The van der Waals surface area contributed by atoms with Crippen LogP contribution in [0.15, 0.2) is 29.2 Å². The molecule has 1 amide bonds. The summed E-state index contributed by atoms with van der Waals surface area (Å²) in [6.45, 7) is 7.25. The Balaban J connectivity index is 1.67. The molecule has 5 heteroatoms. The van der Waals surface area contributed by atoms with Gasteiger partial charge in [0.2, 0.25) is 0 Å². The number of thioether (sulfide) groups is 1. The number of likely N-dealkylation sites (tertiary alicyclic amines) is 1. The number of carbonyl (C=O) groups is 1. The Kier molecular flexibility index (Phi) is 7.84. The summed E-state index contributed by atoms with van der Waals surface area (Å²) in [4.78, 5) is 15.1. The molecule has 0 aliphatic carbocycles. The maximum absolute atomic E-state index is 12.1. The van der Waals surface area contributed by atoms with Gasteiger partial charge in [-0.15, -0.1) is 11.8 Å². The number of ether oxygens (including phenoxy) is 1. The van der Waals surface area contributed by atoms with Crippen LogP contribution in [0.5, 0.6) is 0 Å². The Morgan fingerprint density at radius 1 is 1.27 bits per heavy atom. The van der Waals surface area contributed by atoms with Gasteiger partial charge < -0.3 is 14.7 Å². The van der Waals surface area contributed by atoms with E-state index < -0.39 is 5.60 Å². The van der Waals surface area contributed by atoms with E-state index in [4.69, 9.17) is 4.74 Å². The molecule has 1 unspecified atom stereocenters. The fraction of sp³-hybridized carbons (Fsp3) is 0.667. The molecule has 1 aromatic rings. The highest BCUT2D eigenvalue weighted by molar-refractivity contribution is 7.98. The van der Waals surface area contributed by atoms with Gasteiger partial charge >= 0.3 is 6.09 Å². The van der Waals surface area contributed by atoms with Gasteiger partial charge in [0.1, 0.15) is 5.60 Å². The molecule has 0 radical (unpaired) electrons. The van der Waals surface area contributed by atoms with Gasteiger partial charge in [-0.05, 0) is 69.9 Å². The quantitative estimate of drug-likeness (QED) is 0.685. The second kappa shape index (κ2) is 9.65.